The summed E-state index contributed by atoms with van der Waals surface area (Å²) in [7, 11) is 1.77. The summed E-state index contributed by atoms with van der Waals surface area (Å²) in [4.78, 5) is 11.0. The van der Waals surface area contributed by atoms with Gasteiger partial charge in [-0.2, -0.15) is 0 Å². The normalized spacial score (nSPS) is 18.5. The van der Waals surface area contributed by atoms with Crippen molar-refractivity contribution < 1.29 is 9.47 Å². The Labute approximate surface area is 144 Å². The molecule has 24 heavy (non-hydrogen) atoms. The number of morpholine rings is 1. The van der Waals surface area contributed by atoms with Gasteiger partial charge in [-0.1, -0.05) is 0 Å². The molecule has 2 N–H and O–H groups in total. The van der Waals surface area contributed by atoms with Crippen LogP contribution in [-0.2, 0) is 16.0 Å². The molecule has 2 heterocycles. The maximum atomic E-state index is 5.59. The van der Waals surface area contributed by atoms with Crippen LogP contribution in [0.15, 0.2) is 23.3 Å². The zero-order valence-corrected chi connectivity index (χ0v) is 14.9. The molecule has 2 rings (SSSR count). The van der Waals surface area contributed by atoms with E-state index in [1.54, 1.807) is 7.05 Å². The van der Waals surface area contributed by atoms with Gasteiger partial charge in [0.15, 0.2) is 5.96 Å². The summed E-state index contributed by atoms with van der Waals surface area (Å²) in [6.07, 6.45) is 2.10. The Bertz CT molecular complexity index is 523. The third-order valence-corrected chi connectivity index (χ3v) is 3.80. The molecule has 0 aromatic carbocycles. The van der Waals surface area contributed by atoms with Crippen LogP contribution in [0.2, 0.25) is 0 Å². The lowest BCUT2D eigenvalue weighted by atomic mass is 10.2. The summed E-state index contributed by atoms with van der Waals surface area (Å²) in [5.41, 5.74) is 1.17. The first-order chi connectivity index (χ1) is 11.7. The molecule has 1 saturated heterocycles. The van der Waals surface area contributed by atoms with Crippen molar-refractivity contribution in [1.29, 1.82) is 0 Å². The Morgan fingerprint density at radius 3 is 3.12 bits per heavy atom. The lowest BCUT2D eigenvalue weighted by Gasteiger charge is -2.32. The van der Waals surface area contributed by atoms with E-state index < -0.39 is 0 Å². The van der Waals surface area contributed by atoms with Crippen molar-refractivity contribution in [2.75, 3.05) is 51.4 Å². The minimum atomic E-state index is 0.246. The summed E-state index contributed by atoms with van der Waals surface area (Å²) in [6, 6.07) is 4.15. The maximum Gasteiger partial charge on any atom is 0.191 e. The van der Waals surface area contributed by atoms with Crippen LogP contribution in [-0.4, -0.2) is 63.6 Å². The Kier molecular flexibility index (Phi) is 7.77. The van der Waals surface area contributed by atoms with E-state index in [0.717, 1.165) is 44.6 Å². The lowest BCUT2D eigenvalue weighted by molar-refractivity contribution is 0.0529. The second-order valence-electron chi connectivity index (χ2n) is 5.70. The van der Waals surface area contributed by atoms with Crippen LogP contribution >= 0.6 is 0 Å². The van der Waals surface area contributed by atoms with Gasteiger partial charge < -0.3 is 25.0 Å². The predicted octanol–water partition coefficient (Wildman–Crippen LogP) is 1.01. The quantitative estimate of drug-likeness (QED) is 0.440. The van der Waals surface area contributed by atoms with Crippen LogP contribution < -0.4 is 15.5 Å². The molecule has 1 fully saturated rings. The third-order valence-electron chi connectivity index (χ3n) is 3.80. The number of ether oxygens (including phenoxy) is 2. The first-order valence-electron chi connectivity index (χ1n) is 8.56. The average molecular weight is 335 g/mol. The highest BCUT2D eigenvalue weighted by atomic mass is 16.5. The number of aromatic nitrogens is 1. The van der Waals surface area contributed by atoms with Crippen LogP contribution in [0.5, 0.6) is 0 Å². The zero-order chi connectivity index (χ0) is 17.2. The van der Waals surface area contributed by atoms with E-state index in [4.69, 9.17) is 9.47 Å². The van der Waals surface area contributed by atoms with Gasteiger partial charge in [-0.05, 0) is 31.5 Å². The van der Waals surface area contributed by atoms with E-state index in [9.17, 15) is 0 Å². The largest absolute Gasteiger partial charge is 0.380 e. The van der Waals surface area contributed by atoms with Crippen molar-refractivity contribution in [3.05, 3.63) is 23.9 Å². The molecule has 0 spiro atoms. The molecular formula is C17H29N5O2. The molecule has 7 heteroatoms. The van der Waals surface area contributed by atoms with Gasteiger partial charge in [-0.25, -0.2) is 4.98 Å². The fourth-order valence-electron chi connectivity index (χ4n) is 2.56. The summed E-state index contributed by atoms with van der Waals surface area (Å²) in [5.74, 6) is 1.77. The molecule has 1 atom stereocenters. The van der Waals surface area contributed by atoms with Crippen LogP contribution in [0.1, 0.15) is 19.4 Å². The van der Waals surface area contributed by atoms with E-state index >= 15 is 0 Å². The number of aliphatic imine (C=N–C) groups is 1. The van der Waals surface area contributed by atoms with Crippen molar-refractivity contribution in [2.45, 2.75) is 26.5 Å². The molecule has 0 amide bonds. The number of hydrogen-bond donors (Lipinski definition) is 2. The van der Waals surface area contributed by atoms with Gasteiger partial charge in [0.25, 0.3) is 0 Å². The predicted molar refractivity (Wildman–Crippen MR) is 96.6 cm³/mol. The lowest BCUT2D eigenvalue weighted by Crippen LogP contribution is -2.41. The van der Waals surface area contributed by atoms with Crippen LogP contribution in [0, 0.1) is 0 Å². The van der Waals surface area contributed by atoms with E-state index in [1.165, 1.54) is 5.56 Å². The number of nitrogens with zero attached hydrogens (tertiary/aromatic N) is 3. The second-order valence-corrected chi connectivity index (χ2v) is 5.70. The molecule has 1 aliphatic rings. The van der Waals surface area contributed by atoms with Crippen molar-refractivity contribution in [1.82, 2.24) is 15.6 Å². The van der Waals surface area contributed by atoms with E-state index in [1.807, 2.05) is 19.2 Å². The van der Waals surface area contributed by atoms with Gasteiger partial charge >= 0.3 is 0 Å². The smallest absolute Gasteiger partial charge is 0.191 e. The number of anilines is 1. The highest BCUT2D eigenvalue weighted by molar-refractivity contribution is 5.79. The van der Waals surface area contributed by atoms with E-state index in [0.29, 0.717) is 13.2 Å². The molecule has 0 aliphatic carbocycles. The average Bonchev–Trinajstić information content (AvgIpc) is 2.61. The number of guanidine groups is 1. The number of rotatable bonds is 7. The van der Waals surface area contributed by atoms with Crippen LogP contribution in [0.3, 0.4) is 0 Å². The highest BCUT2D eigenvalue weighted by Crippen LogP contribution is 2.16. The molecule has 0 saturated carbocycles. The Morgan fingerprint density at radius 2 is 2.38 bits per heavy atom. The van der Waals surface area contributed by atoms with Gasteiger partial charge in [-0.3, -0.25) is 4.99 Å². The number of pyridine rings is 1. The van der Waals surface area contributed by atoms with Gasteiger partial charge in [0.05, 0.1) is 19.3 Å². The van der Waals surface area contributed by atoms with Gasteiger partial charge in [0.1, 0.15) is 5.82 Å². The van der Waals surface area contributed by atoms with E-state index in [-0.39, 0.29) is 6.10 Å². The van der Waals surface area contributed by atoms with Crippen LogP contribution in [0.25, 0.3) is 0 Å². The molecule has 1 unspecified atom stereocenters. The topological polar surface area (TPSA) is 71.0 Å². The SMILES string of the molecule is CCOCCNC(=NC)NCc1ccnc(N2CCOC(C)C2)c1. The number of nitrogens with one attached hydrogen (secondary N) is 2. The van der Waals surface area contributed by atoms with E-state index in [2.05, 4.69) is 38.5 Å². The van der Waals surface area contributed by atoms with Crippen LogP contribution in [0.4, 0.5) is 5.82 Å². The standard InChI is InChI=1S/C17H29N5O2/c1-4-23-9-7-20-17(18-3)21-12-15-5-6-19-16(11-15)22-8-10-24-14(2)13-22/h5-6,11,14H,4,7-10,12-13H2,1-3H3,(H2,18,20,21). The Morgan fingerprint density at radius 1 is 1.50 bits per heavy atom. The van der Waals surface area contributed by atoms with Crippen molar-refractivity contribution in [3.63, 3.8) is 0 Å². The zero-order valence-electron chi connectivity index (χ0n) is 14.9. The van der Waals surface area contributed by atoms with Gasteiger partial charge in [0.2, 0.25) is 0 Å². The van der Waals surface area contributed by atoms with Gasteiger partial charge in [0, 0.05) is 46.0 Å². The highest BCUT2D eigenvalue weighted by Gasteiger charge is 2.17. The van der Waals surface area contributed by atoms with Crippen molar-refractivity contribution >= 4 is 11.8 Å². The molecule has 0 radical (unpaired) electrons. The second kappa shape index (κ2) is 10.1. The Balaban J connectivity index is 1.85. The fourth-order valence-corrected chi connectivity index (χ4v) is 2.56. The van der Waals surface area contributed by atoms with Crippen molar-refractivity contribution in [2.24, 2.45) is 4.99 Å². The third kappa shape index (κ3) is 5.98. The first-order valence-corrected chi connectivity index (χ1v) is 8.56. The molecular weight excluding hydrogens is 306 g/mol. The minimum Gasteiger partial charge on any atom is -0.380 e. The monoisotopic (exact) mass is 335 g/mol. The number of hydrogen-bond acceptors (Lipinski definition) is 5. The summed E-state index contributed by atoms with van der Waals surface area (Å²) in [5, 5.41) is 6.54. The molecule has 0 bridgehead atoms. The first kappa shape index (κ1) is 18.5. The summed E-state index contributed by atoms with van der Waals surface area (Å²) < 4.78 is 10.9. The molecule has 134 valence electrons. The molecule has 1 aromatic rings. The molecule has 7 nitrogen and oxygen atoms in total. The molecule has 1 aliphatic heterocycles. The van der Waals surface area contributed by atoms with Gasteiger partial charge in [-0.15, -0.1) is 0 Å². The summed E-state index contributed by atoms with van der Waals surface area (Å²) >= 11 is 0. The maximum absolute atomic E-state index is 5.59. The van der Waals surface area contributed by atoms with Crippen molar-refractivity contribution in [3.8, 4) is 0 Å². The summed E-state index contributed by atoms with van der Waals surface area (Å²) in [6.45, 7) is 9.43. The Hall–Kier alpha value is -1.86. The fraction of sp³-hybridized carbons (Fsp3) is 0.647. The molecule has 1 aromatic heterocycles. The minimum absolute atomic E-state index is 0.246.